The van der Waals surface area contributed by atoms with Crippen LogP contribution >= 0.6 is 0 Å². The zero-order valence-corrected chi connectivity index (χ0v) is 11.1. The van der Waals surface area contributed by atoms with Gasteiger partial charge in [0, 0.05) is 0 Å². The Morgan fingerprint density at radius 1 is 1.33 bits per heavy atom. The Balaban J connectivity index is 3.16. The molecule has 1 aromatic rings. The molecule has 1 atom stereocenters. The molecule has 0 heterocycles. The Morgan fingerprint density at radius 2 is 1.89 bits per heavy atom. The average Bonchev–Trinajstić information content (AvgIpc) is 2.29. The molecule has 0 aliphatic carbocycles. The number of aliphatic carboxylic acids is 1. The van der Waals surface area contributed by atoms with Gasteiger partial charge in [0.2, 0.25) is 0 Å². The molecule has 18 heavy (non-hydrogen) atoms. The zero-order chi connectivity index (χ0) is 13.8. The number of aryl methyl sites for hydroxylation is 1. The summed E-state index contributed by atoms with van der Waals surface area (Å²) in [5.41, 5.74) is 0.925. The van der Waals surface area contributed by atoms with Crippen molar-refractivity contribution >= 4 is 15.8 Å². The molecule has 0 bridgehead atoms. The predicted molar refractivity (Wildman–Crippen MR) is 69.2 cm³/mol. The second kappa shape index (κ2) is 5.82. The lowest BCUT2D eigenvalue weighted by Crippen LogP contribution is -2.29. The summed E-state index contributed by atoms with van der Waals surface area (Å²) in [7, 11) is -3.84. The van der Waals surface area contributed by atoms with Crippen LogP contribution in [0.25, 0.3) is 0 Å². The lowest BCUT2D eigenvalue weighted by atomic mass is 10.2. The zero-order valence-electron chi connectivity index (χ0n) is 10.3. The Labute approximate surface area is 107 Å². The molecule has 1 N–H and O–H groups in total. The van der Waals surface area contributed by atoms with Crippen molar-refractivity contribution in [2.45, 2.75) is 30.4 Å². The van der Waals surface area contributed by atoms with E-state index in [0.29, 0.717) is 0 Å². The second-order valence-electron chi connectivity index (χ2n) is 3.99. The lowest BCUT2D eigenvalue weighted by Gasteiger charge is -2.11. The highest BCUT2D eigenvalue weighted by atomic mass is 32.2. The van der Waals surface area contributed by atoms with E-state index in [1.807, 2.05) is 6.92 Å². The van der Waals surface area contributed by atoms with E-state index in [9.17, 15) is 13.2 Å². The first-order valence-electron chi connectivity index (χ1n) is 5.54. The minimum absolute atomic E-state index is 0.0258. The number of hydrogen-bond donors (Lipinski definition) is 1. The molecule has 5 heteroatoms. The van der Waals surface area contributed by atoms with Gasteiger partial charge in [-0.15, -0.1) is 0 Å². The first kappa shape index (κ1) is 14.4. The molecule has 0 amide bonds. The average molecular weight is 268 g/mol. The van der Waals surface area contributed by atoms with Crippen LogP contribution in [0.4, 0.5) is 0 Å². The Morgan fingerprint density at radius 3 is 2.33 bits per heavy atom. The van der Waals surface area contributed by atoms with E-state index in [-0.39, 0.29) is 11.3 Å². The van der Waals surface area contributed by atoms with Crippen molar-refractivity contribution in [1.29, 1.82) is 0 Å². The number of carboxylic acid groups (broad SMARTS) is 1. The summed E-state index contributed by atoms with van der Waals surface area (Å²) in [6.45, 7) is 3.56. The first-order valence-corrected chi connectivity index (χ1v) is 7.08. The summed E-state index contributed by atoms with van der Waals surface area (Å²) in [5, 5.41) is 7.60. The fourth-order valence-electron chi connectivity index (χ4n) is 1.51. The normalized spacial score (nSPS) is 13.7. The highest BCUT2D eigenvalue weighted by Gasteiger charge is 2.32. The summed E-state index contributed by atoms with van der Waals surface area (Å²) >= 11 is 0. The predicted octanol–water partition coefficient (Wildman–Crippen LogP) is 2.19. The van der Waals surface area contributed by atoms with Gasteiger partial charge < -0.3 is 5.11 Å². The highest BCUT2D eigenvalue weighted by Crippen LogP contribution is 2.19. The van der Waals surface area contributed by atoms with Gasteiger partial charge in [-0.05, 0) is 32.4 Å². The smallest absolute Gasteiger partial charge is 0.322 e. The highest BCUT2D eigenvalue weighted by molar-refractivity contribution is 7.92. The summed E-state index contributed by atoms with van der Waals surface area (Å²) < 4.78 is 24.4. The van der Waals surface area contributed by atoms with Gasteiger partial charge in [0.15, 0.2) is 15.1 Å². The standard InChI is InChI=1S/C13H16O4S/c1-3-4-5-12(13(14)15)18(16,17)11-8-6-10(2)7-9-11/h3-4,6-9,12H,5H2,1-2H3,(H,14,15). The quantitative estimate of drug-likeness (QED) is 0.831. The van der Waals surface area contributed by atoms with Crippen LogP contribution in [0.15, 0.2) is 41.3 Å². The molecular formula is C13H16O4S. The van der Waals surface area contributed by atoms with Crippen molar-refractivity contribution in [2.75, 3.05) is 0 Å². The first-order chi connectivity index (χ1) is 8.39. The van der Waals surface area contributed by atoms with E-state index in [1.165, 1.54) is 12.1 Å². The monoisotopic (exact) mass is 268 g/mol. The van der Waals surface area contributed by atoms with Gasteiger partial charge in [-0.3, -0.25) is 4.79 Å². The summed E-state index contributed by atoms with van der Waals surface area (Å²) in [5.74, 6) is -1.33. The molecule has 0 aliphatic heterocycles. The molecule has 98 valence electrons. The van der Waals surface area contributed by atoms with Crippen LogP contribution in [-0.4, -0.2) is 24.7 Å². The Bertz CT molecular complexity index is 541. The van der Waals surface area contributed by atoms with Crippen LogP contribution in [0, 0.1) is 6.92 Å². The third-order valence-corrected chi connectivity index (χ3v) is 4.66. The third-order valence-electron chi connectivity index (χ3n) is 2.59. The van der Waals surface area contributed by atoms with Gasteiger partial charge in [0.1, 0.15) is 0 Å². The van der Waals surface area contributed by atoms with Crippen molar-refractivity contribution in [3.8, 4) is 0 Å². The van der Waals surface area contributed by atoms with Crippen LogP contribution in [0.3, 0.4) is 0 Å². The molecule has 1 unspecified atom stereocenters. The maximum Gasteiger partial charge on any atom is 0.322 e. The van der Waals surface area contributed by atoms with Gasteiger partial charge >= 0.3 is 5.97 Å². The molecule has 0 saturated carbocycles. The number of hydrogen-bond acceptors (Lipinski definition) is 3. The number of carbonyl (C=O) groups is 1. The van der Waals surface area contributed by atoms with E-state index in [2.05, 4.69) is 0 Å². The van der Waals surface area contributed by atoms with Gasteiger partial charge in [-0.2, -0.15) is 0 Å². The molecule has 0 aliphatic rings. The fraction of sp³-hybridized carbons (Fsp3) is 0.308. The maximum absolute atomic E-state index is 12.2. The molecule has 0 spiro atoms. The van der Waals surface area contributed by atoms with Gasteiger partial charge in [-0.1, -0.05) is 29.8 Å². The van der Waals surface area contributed by atoms with Crippen LogP contribution in [0.1, 0.15) is 18.9 Å². The molecular weight excluding hydrogens is 252 g/mol. The molecule has 0 saturated heterocycles. The summed E-state index contributed by atoms with van der Waals surface area (Å²) in [4.78, 5) is 11.1. The van der Waals surface area contributed by atoms with E-state index in [4.69, 9.17) is 5.11 Å². The second-order valence-corrected chi connectivity index (χ2v) is 6.12. The number of carboxylic acids is 1. The Hall–Kier alpha value is -1.62. The molecule has 4 nitrogen and oxygen atoms in total. The van der Waals surface area contributed by atoms with E-state index in [0.717, 1.165) is 5.56 Å². The molecule has 1 aromatic carbocycles. The van der Waals surface area contributed by atoms with Crippen molar-refractivity contribution < 1.29 is 18.3 Å². The Kier molecular flexibility index (Phi) is 4.67. The van der Waals surface area contributed by atoms with Crippen LogP contribution in [0.5, 0.6) is 0 Å². The van der Waals surface area contributed by atoms with Gasteiger partial charge in [0.25, 0.3) is 0 Å². The number of rotatable bonds is 5. The third kappa shape index (κ3) is 3.20. The molecule has 0 fully saturated rings. The maximum atomic E-state index is 12.2. The van der Waals surface area contributed by atoms with Crippen molar-refractivity contribution in [3.05, 3.63) is 42.0 Å². The summed E-state index contributed by atoms with van der Waals surface area (Å²) in [6, 6.07) is 6.19. The minimum atomic E-state index is -3.84. The van der Waals surface area contributed by atoms with Crippen LogP contribution < -0.4 is 0 Å². The van der Waals surface area contributed by atoms with E-state index in [1.54, 1.807) is 31.2 Å². The number of benzene rings is 1. The SMILES string of the molecule is CC=CCC(C(=O)O)S(=O)(=O)c1ccc(C)cc1. The summed E-state index contributed by atoms with van der Waals surface area (Å²) in [6.07, 6.45) is 3.16. The lowest BCUT2D eigenvalue weighted by molar-refractivity contribution is -0.136. The number of allylic oxidation sites excluding steroid dienone is 2. The van der Waals surface area contributed by atoms with Crippen molar-refractivity contribution in [3.63, 3.8) is 0 Å². The fourth-order valence-corrected chi connectivity index (χ4v) is 2.99. The van der Waals surface area contributed by atoms with E-state index < -0.39 is 21.1 Å². The van der Waals surface area contributed by atoms with Crippen molar-refractivity contribution in [1.82, 2.24) is 0 Å². The number of sulfone groups is 1. The van der Waals surface area contributed by atoms with Gasteiger partial charge in [-0.25, -0.2) is 8.42 Å². The molecule has 1 rings (SSSR count). The largest absolute Gasteiger partial charge is 0.480 e. The molecule has 0 aromatic heterocycles. The van der Waals surface area contributed by atoms with E-state index >= 15 is 0 Å². The topological polar surface area (TPSA) is 71.4 Å². The molecule has 0 radical (unpaired) electrons. The van der Waals surface area contributed by atoms with Gasteiger partial charge in [0.05, 0.1) is 4.90 Å². The van der Waals surface area contributed by atoms with Crippen LogP contribution in [-0.2, 0) is 14.6 Å². The minimum Gasteiger partial charge on any atom is -0.480 e. The van der Waals surface area contributed by atoms with Crippen LogP contribution in [0.2, 0.25) is 0 Å². The van der Waals surface area contributed by atoms with Crippen molar-refractivity contribution in [2.24, 2.45) is 0 Å².